The highest BCUT2D eigenvalue weighted by molar-refractivity contribution is 4.62. The van der Waals surface area contributed by atoms with Crippen LogP contribution < -0.4 is 0 Å². The van der Waals surface area contributed by atoms with Gasteiger partial charge in [0, 0.05) is 6.61 Å². The SMILES string of the molecule is CCCCCCOC1COC(CCC)OC1. The molecule has 0 bridgehead atoms. The second kappa shape index (κ2) is 8.97. The van der Waals surface area contributed by atoms with Gasteiger partial charge in [-0.1, -0.05) is 39.5 Å². The van der Waals surface area contributed by atoms with Crippen molar-refractivity contribution in [3.63, 3.8) is 0 Å². The van der Waals surface area contributed by atoms with E-state index in [1.54, 1.807) is 0 Å². The fourth-order valence-electron chi connectivity index (χ4n) is 1.80. The predicted octanol–water partition coefficient (Wildman–Crippen LogP) is 3.12. The van der Waals surface area contributed by atoms with E-state index in [9.17, 15) is 0 Å². The summed E-state index contributed by atoms with van der Waals surface area (Å²) in [6.07, 6.45) is 7.25. The summed E-state index contributed by atoms with van der Waals surface area (Å²) < 4.78 is 16.8. The second-order valence-electron chi connectivity index (χ2n) is 4.44. The van der Waals surface area contributed by atoms with Crippen molar-refractivity contribution in [2.75, 3.05) is 19.8 Å². The first-order chi connectivity index (χ1) is 7.86. The molecule has 0 aromatic rings. The number of rotatable bonds is 8. The van der Waals surface area contributed by atoms with Crippen LogP contribution in [0.5, 0.6) is 0 Å². The van der Waals surface area contributed by atoms with Crippen molar-refractivity contribution in [1.29, 1.82) is 0 Å². The van der Waals surface area contributed by atoms with E-state index >= 15 is 0 Å². The van der Waals surface area contributed by atoms with Gasteiger partial charge in [-0.05, 0) is 12.8 Å². The highest BCUT2D eigenvalue weighted by atomic mass is 16.7. The van der Waals surface area contributed by atoms with Gasteiger partial charge in [-0.2, -0.15) is 0 Å². The normalized spacial score (nSPS) is 25.9. The molecule has 1 fully saturated rings. The molecule has 3 heteroatoms. The predicted molar refractivity (Wildman–Crippen MR) is 64.5 cm³/mol. The Balaban J connectivity index is 1.95. The molecule has 0 aromatic carbocycles. The highest BCUT2D eigenvalue weighted by Crippen LogP contribution is 2.13. The first-order valence-corrected chi connectivity index (χ1v) is 6.71. The molecule has 0 aliphatic carbocycles. The summed E-state index contributed by atoms with van der Waals surface area (Å²) in [5.41, 5.74) is 0. The van der Waals surface area contributed by atoms with Crippen LogP contribution in [-0.2, 0) is 14.2 Å². The standard InChI is InChI=1S/C13H26O3/c1-3-5-6-7-9-14-12-10-15-13(8-4-2)16-11-12/h12-13H,3-11H2,1-2H3. The van der Waals surface area contributed by atoms with Gasteiger partial charge < -0.3 is 14.2 Å². The molecule has 0 spiro atoms. The number of unbranched alkanes of at least 4 members (excludes halogenated alkanes) is 3. The molecule has 1 aliphatic rings. The number of hydrogen-bond acceptors (Lipinski definition) is 3. The molecule has 1 rings (SSSR count). The van der Waals surface area contributed by atoms with Crippen LogP contribution in [0.2, 0.25) is 0 Å². The van der Waals surface area contributed by atoms with Crippen LogP contribution in [0.25, 0.3) is 0 Å². The summed E-state index contributed by atoms with van der Waals surface area (Å²) in [5, 5.41) is 0. The lowest BCUT2D eigenvalue weighted by Gasteiger charge is -2.29. The van der Waals surface area contributed by atoms with Crippen molar-refractivity contribution in [2.45, 2.75) is 64.8 Å². The van der Waals surface area contributed by atoms with Gasteiger partial charge >= 0.3 is 0 Å². The Hall–Kier alpha value is -0.120. The van der Waals surface area contributed by atoms with Crippen LogP contribution in [0.4, 0.5) is 0 Å². The van der Waals surface area contributed by atoms with Crippen molar-refractivity contribution < 1.29 is 14.2 Å². The lowest BCUT2D eigenvalue weighted by Crippen LogP contribution is -2.37. The third-order valence-electron chi connectivity index (χ3n) is 2.81. The monoisotopic (exact) mass is 230 g/mol. The summed E-state index contributed by atoms with van der Waals surface area (Å²) in [4.78, 5) is 0. The average molecular weight is 230 g/mol. The minimum atomic E-state index is 0.00458. The van der Waals surface area contributed by atoms with E-state index in [0.717, 1.165) is 25.9 Å². The lowest BCUT2D eigenvalue weighted by molar-refractivity contribution is -0.228. The first-order valence-electron chi connectivity index (χ1n) is 6.71. The Morgan fingerprint density at radius 1 is 1.00 bits per heavy atom. The summed E-state index contributed by atoms with van der Waals surface area (Å²) >= 11 is 0. The molecule has 16 heavy (non-hydrogen) atoms. The minimum absolute atomic E-state index is 0.00458. The van der Waals surface area contributed by atoms with E-state index in [4.69, 9.17) is 14.2 Å². The number of ether oxygens (including phenoxy) is 3. The van der Waals surface area contributed by atoms with Gasteiger partial charge in [-0.3, -0.25) is 0 Å². The highest BCUT2D eigenvalue weighted by Gasteiger charge is 2.21. The fraction of sp³-hybridized carbons (Fsp3) is 1.00. The van der Waals surface area contributed by atoms with Gasteiger partial charge in [-0.25, -0.2) is 0 Å². The first kappa shape index (κ1) is 13.9. The summed E-state index contributed by atoms with van der Waals surface area (Å²) in [5.74, 6) is 0. The van der Waals surface area contributed by atoms with Gasteiger partial charge in [0.15, 0.2) is 6.29 Å². The maximum absolute atomic E-state index is 5.71. The van der Waals surface area contributed by atoms with Crippen LogP contribution in [-0.4, -0.2) is 32.2 Å². The Bertz CT molecular complexity index is 153. The molecule has 1 aliphatic heterocycles. The van der Waals surface area contributed by atoms with Crippen LogP contribution in [0.15, 0.2) is 0 Å². The van der Waals surface area contributed by atoms with Gasteiger partial charge in [0.1, 0.15) is 6.10 Å². The molecule has 1 saturated heterocycles. The Morgan fingerprint density at radius 2 is 1.75 bits per heavy atom. The largest absolute Gasteiger partial charge is 0.373 e. The van der Waals surface area contributed by atoms with E-state index in [1.807, 2.05) is 0 Å². The smallest absolute Gasteiger partial charge is 0.157 e. The van der Waals surface area contributed by atoms with Crippen LogP contribution in [0.1, 0.15) is 52.4 Å². The third kappa shape index (κ3) is 5.83. The molecule has 3 nitrogen and oxygen atoms in total. The van der Waals surface area contributed by atoms with Crippen LogP contribution in [0.3, 0.4) is 0 Å². The second-order valence-corrected chi connectivity index (χ2v) is 4.44. The van der Waals surface area contributed by atoms with Gasteiger partial charge in [0.25, 0.3) is 0 Å². The fourth-order valence-corrected chi connectivity index (χ4v) is 1.80. The van der Waals surface area contributed by atoms with Crippen molar-refractivity contribution in [1.82, 2.24) is 0 Å². The summed E-state index contributed by atoms with van der Waals surface area (Å²) in [6, 6.07) is 0. The van der Waals surface area contributed by atoms with E-state index in [1.165, 1.54) is 19.3 Å². The molecule has 0 saturated carbocycles. The maximum Gasteiger partial charge on any atom is 0.157 e. The van der Waals surface area contributed by atoms with Crippen LogP contribution in [0, 0.1) is 0 Å². The van der Waals surface area contributed by atoms with Crippen molar-refractivity contribution in [2.24, 2.45) is 0 Å². The zero-order chi connectivity index (χ0) is 11.6. The molecule has 96 valence electrons. The van der Waals surface area contributed by atoms with Crippen molar-refractivity contribution >= 4 is 0 Å². The number of hydrogen-bond donors (Lipinski definition) is 0. The topological polar surface area (TPSA) is 27.7 Å². The van der Waals surface area contributed by atoms with Crippen molar-refractivity contribution in [3.05, 3.63) is 0 Å². The molecular formula is C13H26O3. The zero-order valence-corrected chi connectivity index (χ0v) is 10.7. The molecule has 1 heterocycles. The van der Waals surface area contributed by atoms with Gasteiger partial charge in [-0.15, -0.1) is 0 Å². The quantitative estimate of drug-likeness (QED) is 0.600. The molecule has 0 aromatic heterocycles. The zero-order valence-electron chi connectivity index (χ0n) is 10.7. The average Bonchev–Trinajstić information content (AvgIpc) is 2.31. The third-order valence-corrected chi connectivity index (χ3v) is 2.81. The molecule has 0 N–H and O–H groups in total. The molecule has 0 radical (unpaired) electrons. The van der Waals surface area contributed by atoms with E-state index in [-0.39, 0.29) is 12.4 Å². The van der Waals surface area contributed by atoms with Gasteiger partial charge in [0.2, 0.25) is 0 Å². The molecular weight excluding hydrogens is 204 g/mol. The van der Waals surface area contributed by atoms with Crippen molar-refractivity contribution in [3.8, 4) is 0 Å². The van der Waals surface area contributed by atoms with Crippen LogP contribution >= 0.6 is 0 Å². The van der Waals surface area contributed by atoms with E-state index in [2.05, 4.69) is 13.8 Å². The van der Waals surface area contributed by atoms with E-state index < -0.39 is 0 Å². The summed E-state index contributed by atoms with van der Waals surface area (Å²) in [6.45, 7) is 6.59. The van der Waals surface area contributed by atoms with Gasteiger partial charge in [0.05, 0.1) is 13.2 Å². The Kier molecular flexibility index (Phi) is 7.81. The molecule has 0 unspecified atom stereocenters. The summed E-state index contributed by atoms with van der Waals surface area (Å²) in [7, 11) is 0. The molecule has 0 amide bonds. The maximum atomic E-state index is 5.71. The lowest BCUT2D eigenvalue weighted by atomic mass is 10.2. The molecule has 0 atom stereocenters. The van der Waals surface area contributed by atoms with E-state index in [0.29, 0.717) is 13.2 Å². The minimum Gasteiger partial charge on any atom is -0.373 e. The Morgan fingerprint density at radius 3 is 2.38 bits per heavy atom. The Labute approximate surface area is 99.5 Å².